The van der Waals surface area contributed by atoms with Crippen LogP contribution in [0.1, 0.15) is 12.0 Å². The van der Waals surface area contributed by atoms with Gasteiger partial charge in [-0.05, 0) is 36.6 Å². The fraction of sp³-hybridized carbons (Fsp3) is 0.364. The van der Waals surface area contributed by atoms with Crippen LogP contribution in [0.2, 0.25) is 0 Å². The minimum Gasteiger partial charge on any atom is -0.385 e. The fourth-order valence-corrected chi connectivity index (χ4v) is 1.60. The molecule has 4 heteroatoms. The van der Waals surface area contributed by atoms with E-state index in [0.29, 0.717) is 0 Å². The minimum atomic E-state index is -0.465. The summed E-state index contributed by atoms with van der Waals surface area (Å²) in [5, 5.41) is 11.7. The van der Waals surface area contributed by atoms with Crippen molar-refractivity contribution in [2.45, 2.75) is 6.42 Å². The molecule has 0 spiro atoms. The SMILES string of the molecule is CSCCCNc1ccc(C#N)c(F)c1. The smallest absolute Gasteiger partial charge is 0.143 e. The molecule has 0 aliphatic heterocycles. The Labute approximate surface area is 93.5 Å². The molecule has 0 aliphatic rings. The predicted octanol–water partition coefficient (Wildman–Crippen LogP) is 2.86. The van der Waals surface area contributed by atoms with E-state index in [-0.39, 0.29) is 5.56 Å². The Morgan fingerprint density at radius 2 is 2.33 bits per heavy atom. The maximum Gasteiger partial charge on any atom is 0.143 e. The Bertz CT molecular complexity index is 360. The summed E-state index contributed by atoms with van der Waals surface area (Å²) >= 11 is 1.79. The highest BCUT2D eigenvalue weighted by Crippen LogP contribution is 2.13. The molecule has 1 N–H and O–H groups in total. The summed E-state index contributed by atoms with van der Waals surface area (Å²) in [5.74, 6) is 0.624. The lowest BCUT2D eigenvalue weighted by Crippen LogP contribution is -2.03. The van der Waals surface area contributed by atoms with Gasteiger partial charge in [0, 0.05) is 12.2 Å². The van der Waals surface area contributed by atoms with E-state index >= 15 is 0 Å². The van der Waals surface area contributed by atoms with E-state index in [4.69, 9.17) is 5.26 Å². The number of nitrogens with one attached hydrogen (secondary N) is 1. The molecule has 1 aromatic carbocycles. The molecule has 0 aliphatic carbocycles. The van der Waals surface area contributed by atoms with Gasteiger partial charge in [0.2, 0.25) is 0 Å². The molecule has 0 unspecified atom stereocenters. The van der Waals surface area contributed by atoms with Gasteiger partial charge in [0.05, 0.1) is 5.56 Å². The van der Waals surface area contributed by atoms with Crippen molar-refractivity contribution >= 4 is 17.4 Å². The molecule has 0 amide bonds. The number of thioether (sulfide) groups is 1. The molecule has 15 heavy (non-hydrogen) atoms. The van der Waals surface area contributed by atoms with E-state index in [2.05, 4.69) is 11.6 Å². The first-order chi connectivity index (χ1) is 7.27. The maximum atomic E-state index is 13.2. The van der Waals surface area contributed by atoms with Crippen molar-refractivity contribution in [2.75, 3.05) is 23.9 Å². The van der Waals surface area contributed by atoms with Crippen LogP contribution >= 0.6 is 11.8 Å². The normalized spacial score (nSPS) is 9.67. The summed E-state index contributed by atoms with van der Waals surface area (Å²) in [6.07, 6.45) is 3.10. The lowest BCUT2D eigenvalue weighted by atomic mass is 10.2. The van der Waals surface area contributed by atoms with Crippen LogP contribution in [0.15, 0.2) is 18.2 Å². The number of hydrogen-bond acceptors (Lipinski definition) is 3. The van der Waals surface area contributed by atoms with Crippen molar-refractivity contribution in [3.8, 4) is 6.07 Å². The van der Waals surface area contributed by atoms with E-state index in [1.54, 1.807) is 23.9 Å². The van der Waals surface area contributed by atoms with Crippen molar-refractivity contribution in [2.24, 2.45) is 0 Å². The zero-order valence-corrected chi connectivity index (χ0v) is 9.40. The Hall–Kier alpha value is -1.21. The zero-order valence-electron chi connectivity index (χ0n) is 8.59. The molecule has 0 radical (unpaired) electrons. The third-order valence-electron chi connectivity index (χ3n) is 1.94. The van der Waals surface area contributed by atoms with Crippen molar-refractivity contribution in [1.82, 2.24) is 0 Å². The second-order valence-electron chi connectivity index (χ2n) is 3.08. The number of anilines is 1. The van der Waals surface area contributed by atoms with E-state index in [1.165, 1.54) is 12.1 Å². The van der Waals surface area contributed by atoms with Crippen LogP contribution in [0, 0.1) is 17.1 Å². The molecule has 1 rings (SSSR count). The molecule has 80 valence electrons. The van der Waals surface area contributed by atoms with Gasteiger partial charge in [-0.15, -0.1) is 0 Å². The topological polar surface area (TPSA) is 35.8 Å². The van der Waals surface area contributed by atoms with Gasteiger partial charge in [0.25, 0.3) is 0 Å². The molecule has 0 fully saturated rings. The van der Waals surface area contributed by atoms with Crippen LogP contribution in [0.25, 0.3) is 0 Å². The molecule has 0 aromatic heterocycles. The molecular formula is C11H13FN2S. The molecular weight excluding hydrogens is 211 g/mol. The average molecular weight is 224 g/mol. The van der Waals surface area contributed by atoms with Crippen LogP contribution in [-0.2, 0) is 0 Å². The van der Waals surface area contributed by atoms with Gasteiger partial charge >= 0.3 is 0 Å². The third-order valence-corrected chi connectivity index (χ3v) is 2.64. The van der Waals surface area contributed by atoms with Gasteiger partial charge in [-0.3, -0.25) is 0 Å². The molecule has 0 atom stereocenters. The van der Waals surface area contributed by atoms with Gasteiger partial charge in [0.15, 0.2) is 0 Å². The number of rotatable bonds is 5. The van der Waals surface area contributed by atoms with Crippen molar-refractivity contribution < 1.29 is 4.39 Å². The lowest BCUT2D eigenvalue weighted by Gasteiger charge is -2.05. The molecule has 0 saturated heterocycles. The average Bonchev–Trinajstić information content (AvgIpc) is 2.25. The van der Waals surface area contributed by atoms with Gasteiger partial charge in [-0.2, -0.15) is 17.0 Å². The number of benzene rings is 1. The second-order valence-corrected chi connectivity index (χ2v) is 4.07. The van der Waals surface area contributed by atoms with Gasteiger partial charge in [-0.25, -0.2) is 4.39 Å². The van der Waals surface area contributed by atoms with Crippen LogP contribution in [-0.4, -0.2) is 18.6 Å². The number of hydrogen-bond donors (Lipinski definition) is 1. The third kappa shape index (κ3) is 3.80. The Balaban J connectivity index is 2.49. The monoisotopic (exact) mass is 224 g/mol. The summed E-state index contributed by atoms with van der Waals surface area (Å²) in [6, 6.07) is 6.37. The minimum absolute atomic E-state index is 0.0877. The van der Waals surface area contributed by atoms with E-state index < -0.39 is 5.82 Å². The summed E-state index contributed by atoms with van der Waals surface area (Å²) < 4.78 is 13.2. The van der Waals surface area contributed by atoms with Crippen LogP contribution in [0.4, 0.5) is 10.1 Å². The Kier molecular flexibility index (Phi) is 4.99. The highest BCUT2D eigenvalue weighted by molar-refractivity contribution is 7.98. The standard InChI is InChI=1S/C11H13FN2S/c1-15-6-2-5-14-10-4-3-9(8-13)11(12)7-10/h3-4,7,14H,2,5-6H2,1H3. The first kappa shape index (κ1) is 11.9. The highest BCUT2D eigenvalue weighted by Gasteiger charge is 2.01. The van der Waals surface area contributed by atoms with Crippen molar-refractivity contribution in [1.29, 1.82) is 5.26 Å². The van der Waals surface area contributed by atoms with Crippen molar-refractivity contribution in [3.05, 3.63) is 29.6 Å². The highest BCUT2D eigenvalue weighted by atomic mass is 32.2. The van der Waals surface area contributed by atoms with Gasteiger partial charge < -0.3 is 5.32 Å². The number of nitrogens with zero attached hydrogens (tertiary/aromatic N) is 1. The summed E-state index contributed by atoms with van der Waals surface area (Å²) in [4.78, 5) is 0. The van der Waals surface area contributed by atoms with Gasteiger partial charge in [-0.1, -0.05) is 0 Å². The van der Waals surface area contributed by atoms with Gasteiger partial charge in [0.1, 0.15) is 11.9 Å². The van der Waals surface area contributed by atoms with E-state index in [0.717, 1.165) is 24.4 Å². The largest absolute Gasteiger partial charge is 0.385 e. The molecule has 0 bridgehead atoms. The van der Waals surface area contributed by atoms with Crippen LogP contribution in [0.3, 0.4) is 0 Å². The molecule has 2 nitrogen and oxygen atoms in total. The maximum absolute atomic E-state index is 13.2. The summed E-state index contributed by atoms with van der Waals surface area (Å²) in [5.41, 5.74) is 0.817. The summed E-state index contributed by atoms with van der Waals surface area (Å²) in [6.45, 7) is 0.826. The Morgan fingerprint density at radius 1 is 1.53 bits per heavy atom. The summed E-state index contributed by atoms with van der Waals surface area (Å²) in [7, 11) is 0. The lowest BCUT2D eigenvalue weighted by molar-refractivity contribution is 0.624. The van der Waals surface area contributed by atoms with E-state index in [1.807, 2.05) is 0 Å². The Morgan fingerprint density at radius 3 is 2.93 bits per heavy atom. The first-order valence-electron chi connectivity index (χ1n) is 4.70. The molecule has 1 aromatic rings. The van der Waals surface area contributed by atoms with Crippen LogP contribution < -0.4 is 5.32 Å². The quantitative estimate of drug-likeness (QED) is 0.781. The predicted molar refractivity (Wildman–Crippen MR) is 62.6 cm³/mol. The molecule has 0 saturated carbocycles. The number of halogens is 1. The van der Waals surface area contributed by atoms with E-state index in [9.17, 15) is 4.39 Å². The number of nitriles is 1. The van der Waals surface area contributed by atoms with Crippen molar-refractivity contribution in [3.63, 3.8) is 0 Å². The molecule has 0 heterocycles. The fourth-order valence-electron chi connectivity index (χ4n) is 1.16. The zero-order chi connectivity index (χ0) is 11.1. The second kappa shape index (κ2) is 6.31. The van der Waals surface area contributed by atoms with Crippen LogP contribution in [0.5, 0.6) is 0 Å². The first-order valence-corrected chi connectivity index (χ1v) is 6.09.